The third-order valence-electron chi connectivity index (χ3n) is 2.83. The summed E-state index contributed by atoms with van der Waals surface area (Å²) in [5.41, 5.74) is 1.93. The summed E-state index contributed by atoms with van der Waals surface area (Å²) in [6.07, 6.45) is 7.55. The molecule has 0 bridgehead atoms. The Morgan fingerprint density at radius 1 is 1.18 bits per heavy atom. The second kappa shape index (κ2) is 4.13. The van der Waals surface area contributed by atoms with Gasteiger partial charge in [0.05, 0.1) is 0 Å². The average molecular weight is 250 g/mol. The largest absolute Gasteiger partial charge is 0.295 e. The van der Waals surface area contributed by atoms with E-state index in [9.17, 15) is 13.0 Å². The van der Waals surface area contributed by atoms with E-state index in [1.165, 1.54) is 0 Å². The standard InChI is InChI=1S/C13H14O3S/c1-9-3-6-11-7-5-10(2)13(17(14,15)16)12(11)8-4-9/h3-9H,1-2H3,(H,14,15,16). The molecular formula is C13H14O3S. The van der Waals surface area contributed by atoms with E-state index in [2.05, 4.69) is 0 Å². The van der Waals surface area contributed by atoms with Crippen molar-refractivity contribution in [3.8, 4) is 0 Å². The molecule has 17 heavy (non-hydrogen) atoms. The van der Waals surface area contributed by atoms with Gasteiger partial charge >= 0.3 is 0 Å². The Bertz CT molecular complexity index is 610. The maximum Gasteiger partial charge on any atom is 0.295 e. The van der Waals surface area contributed by atoms with Gasteiger partial charge in [-0.05, 0) is 24.0 Å². The fourth-order valence-electron chi connectivity index (χ4n) is 1.95. The summed E-state index contributed by atoms with van der Waals surface area (Å²) < 4.78 is 32.1. The minimum atomic E-state index is -4.19. The number of fused-ring (bicyclic) bond motifs is 1. The first-order chi connectivity index (χ1) is 7.89. The van der Waals surface area contributed by atoms with Crippen LogP contribution in [0.15, 0.2) is 29.2 Å². The Balaban J connectivity index is 2.80. The maximum atomic E-state index is 11.4. The Hall–Kier alpha value is -1.39. The highest BCUT2D eigenvalue weighted by atomic mass is 32.2. The molecule has 90 valence electrons. The molecule has 1 atom stereocenters. The normalized spacial score (nSPS) is 18.9. The van der Waals surface area contributed by atoms with Gasteiger partial charge in [-0.1, -0.05) is 43.4 Å². The van der Waals surface area contributed by atoms with Gasteiger partial charge < -0.3 is 0 Å². The van der Waals surface area contributed by atoms with Crippen molar-refractivity contribution >= 4 is 22.3 Å². The van der Waals surface area contributed by atoms with Crippen molar-refractivity contribution in [2.24, 2.45) is 5.92 Å². The summed E-state index contributed by atoms with van der Waals surface area (Å²) in [5, 5.41) is 0. The second-order valence-corrected chi connectivity index (χ2v) is 5.63. The van der Waals surface area contributed by atoms with E-state index in [-0.39, 0.29) is 10.8 Å². The van der Waals surface area contributed by atoms with Gasteiger partial charge in [0.15, 0.2) is 0 Å². The molecule has 1 aliphatic carbocycles. The van der Waals surface area contributed by atoms with Crippen molar-refractivity contribution in [2.45, 2.75) is 18.7 Å². The zero-order valence-electron chi connectivity index (χ0n) is 9.71. The number of allylic oxidation sites excluding steroid dienone is 2. The fraction of sp³-hybridized carbons (Fsp3) is 0.231. The molecule has 1 aromatic carbocycles. The van der Waals surface area contributed by atoms with Crippen LogP contribution in [0.1, 0.15) is 23.6 Å². The van der Waals surface area contributed by atoms with Crippen LogP contribution in [-0.2, 0) is 10.1 Å². The highest BCUT2D eigenvalue weighted by Crippen LogP contribution is 2.28. The van der Waals surface area contributed by atoms with E-state index in [0.29, 0.717) is 11.1 Å². The molecule has 3 nitrogen and oxygen atoms in total. The van der Waals surface area contributed by atoms with Crippen molar-refractivity contribution in [3.63, 3.8) is 0 Å². The SMILES string of the molecule is Cc1ccc2c(c1S(=O)(=O)O)C=CC(C)C=C2. The molecule has 1 aliphatic rings. The van der Waals surface area contributed by atoms with Gasteiger partial charge in [-0.25, -0.2) is 0 Å². The van der Waals surface area contributed by atoms with Gasteiger partial charge in [-0.3, -0.25) is 4.55 Å². The summed E-state index contributed by atoms with van der Waals surface area (Å²) in [7, 11) is -4.19. The third kappa shape index (κ3) is 2.33. The van der Waals surface area contributed by atoms with Crippen LogP contribution in [0.4, 0.5) is 0 Å². The third-order valence-corrected chi connectivity index (χ3v) is 3.89. The first kappa shape index (κ1) is 12.1. The van der Waals surface area contributed by atoms with Crippen molar-refractivity contribution in [3.05, 3.63) is 41.0 Å². The van der Waals surface area contributed by atoms with Crippen LogP contribution < -0.4 is 0 Å². The molecule has 1 aromatic rings. The van der Waals surface area contributed by atoms with E-state index in [1.54, 1.807) is 19.1 Å². The molecule has 0 aliphatic heterocycles. The Morgan fingerprint density at radius 3 is 2.47 bits per heavy atom. The molecule has 4 heteroatoms. The lowest BCUT2D eigenvalue weighted by Crippen LogP contribution is -2.05. The smallest absolute Gasteiger partial charge is 0.282 e. The molecule has 0 aromatic heterocycles. The molecular weight excluding hydrogens is 236 g/mol. The molecule has 1 unspecified atom stereocenters. The fourth-order valence-corrected chi connectivity index (χ4v) is 2.89. The van der Waals surface area contributed by atoms with E-state index in [0.717, 1.165) is 5.56 Å². The lowest BCUT2D eigenvalue weighted by Gasteiger charge is -2.09. The van der Waals surface area contributed by atoms with Crippen LogP contribution in [0.5, 0.6) is 0 Å². The van der Waals surface area contributed by atoms with E-state index in [1.807, 2.05) is 31.2 Å². The van der Waals surface area contributed by atoms with E-state index in [4.69, 9.17) is 0 Å². The van der Waals surface area contributed by atoms with Crippen LogP contribution >= 0.6 is 0 Å². The van der Waals surface area contributed by atoms with Crippen LogP contribution in [-0.4, -0.2) is 13.0 Å². The molecule has 0 heterocycles. The highest BCUT2D eigenvalue weighted by Gasteiger charge is 2.19. The molecule has 0 spiro atoms. The minimum absolute atomic E-state index is 0.00463. The monoisotopic (exact) mass is 250 g/mol. The van der Waals surface area contributed by atoms with Gasteiger partial charge in [0.2, 0.25) is 0 Å². The highest BCUT2D eigenvalue weighted by molar-refractivity contribution is 7.86. The lowest BCUT2D eigenvalue weighted by molar-refractivity contribution is 0.482. The summed E-state index contributed by atoms with van der Waals surface area (Å²) in [4.78, 5) is 0.00463. The topological polar surface area (TPSA) is 54.4 Å². The zero-order chi connectivity index (χ0) is 12.6. The quantitative estimate of drug-likeness (QED) is 0.780. The van der Waals surface area contributed by atoms with Crippen molar-refractivity contribution in [1.82, 2.24) is 0 Å². The maximum absolute atomic E-state index is 11.4. The van der Waals surface area contributed by atoms with Crippen LogP contribution in [0.2, 0.25) is 0 Å². The predicted molar refractivity (Wildman–Crippen MR) is 68.2 cm³/mol. The van der Waals surface area contributed by atoms with Crippen LogP contribution in [0.25, 0.3) is 12.2 Å². The first-order valence-corrected chi connectivity index (χ1v) is 6.81. The summed E-state index contributed by atoms with van der Waals surface area (Å²) in [6, 6.07) is 3.56. The molecule has 1 N–H and O–H groups in total. The summed E-state index contributed by atoms with van der Waals surface area (Å²) in [6.45, 7) is 3.69. The van der Waals surface area contributed by atoms with E-state index >= 15 is 0 Å². The van der Waals surface area contributed by atoms with Gasteiger partial charge in [-0.15, -0.1) is 0 Å². The molecule has 0 radical (unpaired) electrons. The number of aryl methyl sites for hydroxylation is 1. The minimum Gasteiger partial charge on any atom is -0.282 e. The lowest BCUT2D eigenvalue weighted by atomic mass is 10.0. The molecule has 0 amide bonds. The number of benzene rings is 1. The van der Waals surface area contributed by atoms with Crippen molar-refractivity contribution in [1.29, 1.82) is 0 Å². The predicted octanol–water partition coefficient (Wildman–Crippen LogP) is 2.92. The molecule has 0 fully saturated rings. The molecule has 0 saturated heterocycles. The Morgan fingerprint density at radius 2 is 1.82 bits per heavy atom. The second-order valence-electron chi connectivity index (χ2n) is 4.27. The Labute approximate surface area is 101 Å². The molecule has 2 rings (SSSR count). The van der Waals surface area contributed by atoms with Gasteiger partial charge in [0.25, 0.3) is 10.1 Å². The van der Waals surface area contributed by atoms with Gasteiger partial charge in [0.1, 0.15) is 4.90 Å². The molecule has 0 saturated carbocycles. The van der Waals surface area contributed by atoms with Crippen molar-refractivity contribution in [2.75, 3.05) is 0 Å². The first-order valence-electron chi connectivity index (χ1n) is 5.37. The van der Waals surface area contributed by atoms with Crippen LogP contribution in [0.3, 0.4) is 0 Å². The van der Waals surface area contributed by atoms with Crippen LogP contribution in [0, 0.1) is 12.8 Å². The van der Waals surface area contributed by atoms with Gasteiger partial charge in [-0.2, -0.15) is 8.42 Å². The number of hydrogen-bond acceptors (Lipinski definition) is 2. The number of rotatable bonds is 1. The average Bonchev–Trinajstić information content (AvgIpc) is 2.39. The van der Waals surface area contributed by atoms with E-state index < -0.39 is 10.1 Å². The van der Waals surface area contributed by atoms with Crippen molar-refractivity contribution < 1.29 is 13.0 Å². The number of hydrogen-bond donors (Lipinski definition) is 1. The zero-order valence-corrected chi connectivity index (χ0v) is 10.5. The summed E-state index contributed by atoms with van der Waals surface area (Å²) >= 11 is 0. The Kier molecular flexibility index (Phi) is 2.93. The summed E-state index contributed by atoms with van der Waals surface area (Å²) in [5.74, 6) is 0.247. The van der Waals surface area contributed by atoms with Gasteiger partial charge in [0, 0.05) is 5.56 Å².